The maximum absolute atomic E-state index is 12.4. The number of nitrogens with two attached hydrogens (primary N) is 1. The molecule has 6 N–H and O–H groups in total. The molecule has 11 nitrogen and oxygen atoms in total. The molecule has 2 heterocycles. The number of amides is 2. The van der Waals surface area contributed by atoms with Gasteiger partial charge in [-0.15, -0.1) is 0 Å². The van der Waals surface area contributed by atoms with E-state index in [0.29, 0.717) is 24.5 Å². The van der Waals surface area contributed by atoms with Crippen LogP contribution < -0.4 is 21.7 Å². The lowest BCUT2D eigenvalue weighted by atomic mass is 9.98. The first kappa shape index (κ1) is 22.7. The Hall–Kier alpha value is -4.02. The molecular formula is C21H24N6O5. The van der Waals surface area contributed by atoms with Gasteiger partial charge in [-0.2, -0.15) is 4.99 Å². The van der Waals surface area contributed by atoms with Crippen LogP contribution in [0.3, 0.4) is 0 Å². The number of hydrogen-bond acceptors (Lipinski definition) is 8. The number of benzene rings is 1. The Morgan fingerprint density at radius 3 is 2.62 bits per heavy atom. The Kier molecular flexibility index (Phi) is 6.98. The van der Waals surface area contributed by atoms with Gasteiger partial charge in [0.2, 0.25) is 11.9 Å². The summed E-state index contributed by atoms with van der Waals surface area (Å²) < 4.78 is 0. The van der Waals surface area contributed by atoms with Crippen LogP contribution in [0.5, 0.6) is 0 Å². The predicted molar refractivity (Wildman–Crippen MR) is 117 cm³/mol. The standard InChI is InChI=1S/C21H24N6O5/c1-2-14(28)7-8-15(20(31)32)25-18(29)11-3-5-13(6-4-11)23-9-12-10-24-17-16(12)19(30)27-21(22)26-17/h3-6,10,15-16,23H,2,7-9H2,1H3,(H,25,29)(H,31,32)(H3,22,24,26,27,30)/t15-,16?/m0/s1. The van der Waals surface area contributed by atoms with Crippen LogP contribution in [0.25, 0.3) is 0 Å². The lowest BCUT2D eigenvalue weighted by molar-refractivity contribution is -0.139. The summed E-state index contributed by atoms with van der Waals surface area (Å²) in [5, 5.41) is 17.4. The highest BCUT2D eigenvalue weighted by molar-refractivity contribution is 6.19. The number of amidine groups is 1. The molecule has 2 aliphatic heterocycles. The monoisotopic (exact) mass is 440 g/mol. The fourth-order valence-corrected chi connectivity index (χ4v) is 3.27. The number of carboxylic acid groups (broad SMARTS) is 1. The van der Waals surface area contributed by atoms with E-state index in [-0.39, 0.29) is 36.1 Å². The summed E-state index contributed by atoms with van der Waals surface area (Å²) in [6, 6.07) is 5.30. The van der Waals surface area contributed by atoms with E-state index >= 15 is 0 Å². The van der Waals surface area contributed by atoms with Crippen molar-refractivity contribution in [1.29, 1.82) is 0 Å². The van der Waals surface area contributed by atoms with Gasteiger partial charge in [0, 0.05) is 36.8 Å². The van der Waals surface area contributed by atoms with E-state index in [1.54, 1.807) is 37.4 Å². The first-order chi connectivity index (χ1) is 15.3. The molecule has 11 heteroatoms. The van der Waals surface area contributed by atoms with E-state index in [9.17, 15) is 24.3 Å². The summed E-state index contributed by atoms with van der Waals surface area (Å²) in [6.07, 6.45) is 2.03. The van der Waals surface area contributed by atoms with Gasteiger partial charge < -0.3 is 21.5 Å². The van der Waals surface area contributed by atoms with Gasteiger partial charge in [-0.3, -0.25) is 19.7 Å². The van der Waals surface area contributed by atoms with Crippen LogP contribution in [-0.4, -0.2) is 53.1 Å². The number of rotatable bonds is 10. The maximum atomic E-state index is 12.4. The Balaban J connectivity index is 1.55. The number of nitrogens with one attached hydrogen (secondary N) is 3. The number of carbonyl (C=O) groups excluding carboxylic acids is 3. The van der Waals surface area contributed by atoms with Crippen molar-refractivity contribution in [3.8, 4) is 0 Å². The first-order valence-electron chi connectivity index (χ1n) is 10.1. The lowest BCUT2D eigenvalue weighted by Crippen LogP contribution is -2.47. The van der Waals surface area contributed by atoms with Crippen molar-refractivity contribution in [2.45, 2.75) is 32.2 Å². The summed E-state index contributed by atoms with van der Waals surface area (Å²) in [5.41, 5.74) is 7.23. The van der Waals surface area contributed by atoms with Gasteiger partial charge >= 0.3 is 5.97 Å². The van der Waals surface area contributed by atoms with E-state index < -0.39 is 23.8 Å². The van der Waals surface area contributed by atoms with Crippen LogP contribution in [0.1, 0.15) is 36.5 Å². The van der Waals surface area contributed by atoms with Crippen LogP contribution in [0.4, 0.5) is 5.69 Å². The van der Waals surface area contributed by atoms with Gasteiger partial charge in [0.15, 0.2) is 0 Å². The van der Waals surface area contributed by atoms with E-state index in [1.807, 2.05) is 0 Å². The largest absolute Gasteiger partial charge is 0.480 e. The Morgan fingerprint density at radius 2 is 1.97 bits per heavy atom. The topological polar surface area (TPSA) is 175 Å². The molecule has 2 atom stereocenters. The Morgan fingerprint density at radius 1 is 1.25 bits per heavy atom. The van der Waals surface area contributed by atoms with Crippen molar-refractivity contribution < 1.29 is 24.3 Å². The summed E-state index contributed by atoms with van der Waals surface area (Å²) in [5.74, 6) is -2.30. The van der Waals surface area contributed by atoms with Gasteiger partial charge in [0.05, 0.1) is 0 Å². The molecule has 0 radical (unpaired) electrons. The van der Waals surface area contributed by atoms with Crippen molar-refractivity contribution in [1.82, 2.24) is 10.6 Å². The van der Waals surface area contributed by atoms with Crippen molar-refractivity contribution in [2.75, 3.05) is 11.9 Å². The molecule has 1 aromatic carbocycles. The number of guanidine groups is 1. The van der Waals surface area contributed by atoms with Gasteiger partial charge in [0.25, 0.3) is 5.91 Å². The Labute approximate surface area is 183 Å². The number of nitrogens with zero attached hydrogens (tertiary/aromatic N) is 2. The molecule has 32 heavy (non-hydrogen) atoms. The quantitative estimate of drug-likeness (QED) is 0.350. The first-order valence-corrected chi connectivity index (χ1v) is 10.1. The van der Waals surface area contributed by atoms with E-state index in [2.05, 4.69) is 25.9 Å². The zero-order valence-corrected chi connectivity index (χ0v) is 17.4. The third kappa shape index (κ3) is 5.36. The summed E-state index contributed by atoms with van der Waals surface area (Å²) in [6.45, 7) is 2.04. The summed E-state index contributed by atoms with van der Waals surface area (Å²) >= 11 is 0. The number of carboxylic acids is 1. The van der Waals surface area contributed by atoms with E-state index in [0.717, 1.165) is 5.57 Å². The number of hydrogen-bond donors (Lipinski definition) is 5. The molecule has 0 aromatic heterocycles. The second-order valence-corrected chi connectivity index (χ2v) is 7.34. The summed E-state index contributed by atoms with van der Waals surface area (Å²) in [7, 11) is 0. The third-order valence-corrected chi connectivity index (χ3v) is 5.09. The molecule has 1 aromatic rings. The average Bonchev–Trinajstić information content (AvgIpc) is 3.17. The maximum Gasteiger partial charge on any atom is 0.326 e. The Bertz CT molecular complexity index is 1030. The van der Waals surface area contributed by atoms with Crippen molar-refractivity contribution >= 4 is 41.0 Å². The van der Waals surface area contributed by atoms with Crippen LogP contribution in [0, 0.1) is 5.92 Å². The molecule has 0 saturated carbocycles. The number of anilines is 1. The normalized spacial score (nSPS) is 17.8. The molecule has 168 valence electrons. The van der Waals surface area contributed by atoms with Gasteiger partial charge in [0.1, 0.15) is 23.6 Å². The molecule has 2 amide bonds. The lowest BCUT2D eigenvalue weighted by Gasteiger charge is -2.20. The van der Waals surface area contributed by atoms with E-state index in [1.165, 1.54) is 0 Å². The van der Waals surface area contributed by atoms with Gasteiger partial charge in [-0.1, -0.05) is 6.92 Å². The predicted octanol–water partition coefficient (Wildman–Crippen LogP) is 0.398. The SMILES string of the molecule is CCC(=O)CC[C@H](NC(=O)c1ccc(NCC2=CN=C3N=C(N)NC(=O)C23)cc1)C(=O)O. The number of Topliss-reactive ketones (excluding diaryl/α,β-unsaturated/α-hetero) is 1. The minimum atomic E-state index is -1.19. The minimum Gasteiger partial charge on any atom is -0.480 e. The highest BCUT2D eigenvalue weighted by atomic mass is 16.4. The minimum absolute atomic E-state index is 0.0172. The highest BCUT2D eigenvalue weighted by Crippen LogP contribution is 2.24. The second-order valence-electron chi connectivity index (χ2n) is 7.34. The number of ketones is 1. The smallest absolute Gasteiger partial charge is 0.326 e. The van der Waals surface area contributed by atoms with Crippen molar-refractivity contribution in [3.63, 3.8) is 0 Å². The molecule has 0 bridgehead atoms. The molecule has 0 saturated heterocycles. The van der Waals surface area contributed by atoms with Crippen LogP contribution in [-0.2, 0) is 14.4 Å². The molecule has 2 aliphatic rings. The molecule has 3 rings (SSSR count). The highest BCUT2D eigenvalue weighted by Gasteiger charge is 2.35. The summed E-state index contributed by atoms with van der Waals surface area (Å²) in [4.78, 5) is 55.5. The van der Waals surface area contributed by atoms with Crippen LogP contribution in [0.2, 0.25) is 0 Å². The van der Waals surface area contributed by atoms with Gasteiger partial charge in [-0.25, -0.2) is 9.79 Å². The molecule has 0 spiro atoms. The molecule has 0 fully saturated rings. The second kappa shape index (κ2) is 9.86. The fourth-order valence-electron chi connectivity index (χ4n) is 3.27. The fraction of sp³-hybridized carbons (Fsp3) is 0.333. The molecule has 1 unspecified atom stereocenters. The van der Waals surface area contributed by atoms with Crippen LogP contribution >= 0.6 is 0 Å². The van der Waals surface area contributed by atoms with Crippen LogP contribution in [0.15, 0.2) is 46.0 Å². The zero-order valence-electron chi connectivity index (χ0n) is 17.4. The van der Waals surface area contributed by atoms with E-state index in [4.69, 9.17) is 5.73 Å². The number of carbonyl (C=O) groups is 4. The van der Waals surface area contributed by atoms with Crippen molar-refractivity contribution in [3.05, 3.63) is 41.6 Å². The van der Waals surface area contributed by atoms with Crippen molar-refractivity contribution in [2.24, 2.45) is 21.6 Å². The number of fused-ring (bicyclic) bond motifs is 1. The molecule has 0 aliphatic carbocycles. The molecular weight excluding hydrogens is 416 g/mol. The zero-order chi connectivity index (χ0) is 23.3. The average molecular weight is 440 g/mol. The number of aliphatic imine (C=N–C) groups is 2. The van der Waals surface area contributed by atoms with Gasteiger partial charge in [-0.05, 0) is 36.3 Å². The number of aliphatic carboxylic acids is 1. The third-order valence-electron chi connectivity index (χ3n) is 5.09.